The largest absolute Gasteiger partial charge is 0.462 e. The van der Waals surface area contributed by atoms with Crippen molar-refractivity contribution in [1.82, 2.24) is 9.88 Å². The number of hydrogen-bond donors (Lipinski definition) is 2. The Morgan fingerprint density at radius 3 is 2.42 bits per heavy atom. The molecule has 0 spiro atoms. The van der Waals surface area contributed by atoms with Gasteiger partial charge in [0.1, 0.15) is 0 Å². The molecule has 0 fully saturated rings. The van der Waals surface area contributed by atoms with Gasteiger partial charge in [-0.15, -0.1) is 0 Å². The molecule has 0 unspecified atom stereocenters. The first kappa shape index (κ1) is 22.2. The maximum Gasteiger partial charge on any atom is 0.340 e. The molecule has 6 heteroatoms. The molecule has 0 saturated heterocycles. The van der Waals surface area contributed by atoms with Crippen LogP contribution in [-0.2, 0) is 17.8 Å². The zero-order valence-electron chi connectivity index (χ0n) is 18.5. The van der Waals surface area contributed by atoms with Gasteiger partial charge in [0.2, 0.25) is 0 Å². The summed E-state index contributed by atoms with van der Waals surface area (Å²) in [5, 5.41) is 5.62. The maximum atomic E-state index is 12.5. The number of aromatic nitrogens is 1. The van der Waals surface area contributed by atoms with Gasteiger partial charge in [0.25, 0.3) is 0 Å². The Bertz CT molecular complexity index is 1060. The highest BCUT2D eigenvalue weighted by atomic mass is 16.5. The van der Waals surface area contributed by atoms with Crippen molar-refractivity contribution >= 4 is 17.7 Å². The van der Waals surface area contributed by atoms with Crippen LogP contribution in [0.4, 0.5) is 10.5 Å². The summed E-state index contributed by atoms with van der Waals surface area (Å²) in [6.07, 6.45) is 2.02. The highest BCUT2D eigenvalue weighted by Crippen LogP contribution is 2.19. The number of anilines is 1. The number of nitrogens with one attached hydrogen (secondary N) is 2. The lowest BCUT2D eigenvalue weighted by Crippen LogP contribution is -2.30. The molecule has 0 bridgehead atoms. The van der Waals surface area contributed by atoms with Crippen LogP contribution in [0.1, 0.15) is 45.2 Å². The normalized spacial score (nSPS) is 10.6. The smallest absolute Gasteiger partial charge is 0.340 e. The summed E-state index contributed by atoms with van der Waals surface area (Å²) in [5.74, 6) is -0.462. The first-order valence-electron chi connectivity index (χ1n) is 10.4. The molecule has 1 aromatic heterocycles. The van der Waals surface area contributed by atoms with E-state index >= 15 is 0 Å². The number of nitrogens with zero attached hydrogens (tertiary/aromatic N) is 1. The van der Waals surface area contributed by atoms with E-state index in [0.29, 0.717) is 17.8 Å². The van der Waals surface area contributed by atoms with E-state index in [9.17, 15) is 9.59 Å². The minimum absolute atomic E-state index is 0.274. The molecule has 0 saturated carbocycles. The summed E-state index contributed by atoms with van der Waals surface area (Å²) < 4.78 is 7.19. The van der Waals surface area contributed by atoms with Crippen LogP contribution in [0.25, 0.3) is 0 Å². The zero-order chi connectivity index (χ0) is 22.4. The summed E-state index contributed by atoms with van der Waals surface area (Å²) in [4.78, 5) is 24.6. The monoisotopic (exact) mass is 419 g/mol. The summed E-state index contributed by atoms with van der Waals surface area (Å²) in [5.41, 5.74) is 6.81. The summed E-state index contributed by atoms with van der Waals surface area (Å²) in [6, 6.07) is 14.8. The van der Waals surface area contributed by atoms with Crippen molar-refractivity contribution in [2.75, 3.05) is 11.9 Å². The minimum atomic E-state index is -0.462. The van der Waals surface area contributed by atoms with E-state index in [1.807, 2.05) is 18.3 Å². The number of esters is 1. The SMILES string of the molecule is CCOC(=O)c1ccccc1NC(=O)NCc1cccn1Cc1c(C)cc(C)cc1C. The number of para-hydroxylation sites is 1. The minimum Gasteiger partial charge on any atom is -0.462 e. The highest BCUT2D eigenvalue weighted by Gasteiger charge is 2.14. The Kier molecular flexibility index (Phi) is 7.13. The van der Waals surface area contributed by atoms with Gasteiger partial charge in [-0.25, -0.2) is 9.59 Å². The van der Waals surface area contributed by atoms with E-state index in [0.717, 1.165) is 12.2 Å². The molecule has 0 aliphatic carbocycles. The quantitative estimate of drug-likeness (QED) is 0.532. The third-order valence-electron chi connectivity index (χ3n) is 5.19. The van der Waals surface area contributed by atoms with Gasteiger partial charge in [-0.3, -0.25) is 0 Å². The molecular formula is C25H29N3O3. The summed E-state index contributed by atoms with van der Waals surface area (Å²) in [7, 11) is 0. The van der Waals surface area contributed by atoms with Crippen molar-refractivity contribution in [2.24, 2.45) is 0 Å². The van der Waals surface area contributed by atoms with Crippen LogP contribution in [0.3, 0.4) is 0 Å². The molecule has 0 atom stereocenters. The van der Waals surface area contributed by atoms with Crippen LogP contribution in [0.5, 0.6) is 0 Å². The fourth-order valence-electron chi connectivity index (χ4n) is 3.71. The Morgan fingerprint density at radius 2 is 1.71 bits per heavy atom. The predicted molar refractivity (Wildman–Crippen MR) is 122 cm³/mol. The topological polar surface area (TPSA) is 72.4 Å². The van der Waals surface area contributed by atoms with E-state index in [-0.39, 0.29) is 12.6 Å². The van der Waals surface area contributed by atoms with Crippen molar-refractivity contribution in [3.05, 3.63) is 88.2 Å². The molecule has 2 aromatic carbocycles. The molecule has 0 aliphatic heterocycles. The van der Waals surface area contributed by atoms with Gasteiger partial charge >= 0.3 is 12.0 Å². The number of carbonyl (C=O) groups is 2. The van der Waals surface area contributed by atoms with Gasteiger partial charge in [0.15, 0.2) is 0 Å². The van der Waals surface area contributed by atoms with Crippen LogP contribution in [0.15, 0.2) is 54.7 Å². The predicted octanol–water partition coefficient (Wildman–Crippen LogP) is 4.96. The molecule has 3 aromatic rings. The maximum absolute atomic E-state index is 12.5. The van der Waals surface area contributed by atoms with Gasteiger partial charge in [-0.2, -0.15) is 0 Å². The highest BCUT2D eigenvalue weighted by molar-refractivity contribution is 6.00. The van der Waals surface area contributed by atoms with Gasteiger partial charge in [0.05, 0.1) is 24.4 Å². The average molecular weight is 420 g/mol. The Labute approximate surface area is 183 Å². The second-order valence-corrected chi connectivity index (χ2v) is 7.58. The van der Waals surface area contributed by atoms with Crippen LogP contribution in [-0.4, -0.2) is 23.2 Å². The lowest BCUT2D eigenvalue weighted by Gasteiger charge is -2.16. The summed E-state index contributed by atoms with van der Waals surface area (Å²) in [6.45, 7) is 9.50. The molecular weight excluding hydrogens is 390 g/mol. The first-order valence-corrected chi connectivity index (χ1v) is 10.4. The van der Waals surface area contributed by atoms with Gasteiger partial charge in [-0.1, -0.05) is 29.8 Å². The average Bonchev–Trinajstić information content (AvgIpc) is 3.17. The number of rotatable bonds is 7. The van der Waals surface area contributed by atoms with Crippen molar-refractivity contribution in [3.8, 4) is 0 Å². The van der Waals surface area contributed by atoms with Crippen molar-refractivity contribution in [3.63, 3.8) is 0 Å². The number of aryl methyl sites for hydroxylation is 3. The number of amides is 2. The van der Waals surface area contributed by atoms with Crippen LogP contribution >= 0.6 is 0 Å². The lowest BCUT2D eigenvalue weighted by atomic mass is 10.00. The summed E-state index contributed by atoms with van der Waals surface area (Å²) >= 11 is 0. The second-order valence-electron chi connectivity index (χ2n) is 7.58. The Hall–Kier alpha value is -3.54. The van der Waals surface area contributed by atoms with E-state index in [2.05, 4.69) is 48.1 Å². The molecule has 2 amide bonds. The molecule has 1 heterocycles. The zero-order valence-corrected chi connectivity index (χ0v) is 18.5. The fraction of sp³-hybridized carbons (Fsp3) is 0.280. The van der Waals surface area contributed by atoms with Crippen LogP contribution in [0, 0.1) is 20.8 Å². The number of ether oxygens (including phenoxy) is 1. The fourth-order valence-corrected chi connectivity index (χ4v) is 3.71. The van der Waals surface area contributed by atoms with Gasteiger partial charge in [-0.05, 0) is 68.7 Å². The molecule has 31 heavy (non-hydrogen) atoms. The Balaban J connectivity index is 1.66. The van der Waals surface area contributed by atoms with Crippen LogP contribution < -0.4 is 10.6 Å². The Morgan fingerprint density at radius 1 is 1.00 bits per heavy atom. The number of urea groups is 1. The molecule has 2 N–H and O–H groups in total. The van der Waals surface area contributed by atoms with Gasteiger partial charge < -0.3 is 19.9 Å². The van der Waals surface area contributed by atoms with E-state index in [1.54, 1.807) is 31.2 Å². The van der Waals surface area contributed by atoms with E-state index in [1.165, 1.54) is 22.3 Å². The number of hydrogen-bond acceptors (Lipinski definition) is 3. The number of carbonyl (C=O) groups excluding carboxylic acids is 2. The molecule has 162 valence electrons. The lowest BCUT2D eigenvalue weighted by molar-refractivity contribution is 0.0527. The van der Waals surface area contributed by atoms with Gasteiger partial charge in [0, 0.05) is 18.4 Å². The molecule has 3 rings (SSSR count). The molecule has 0 aliphatic rings. The van der Waals surface area contributed by atoms with E-state index in [4.69, 9.17) is 4.74 Å². The van der Waals surface area contributed by atoms with Crippen molar-refractivity contribution in [2.45, 2.75) is 40.8 Å². The first-order chi connectivity index (χ1) is 14.9. The standard InChI is InChI=1S/C25H29N3O3/c1-5-31-24(29)21-10-6-7-11-23(21)27-25(30)26-15-20-9-8-12-28(20)16-22-18(3)13-17(2)14-19(22)4/h6-14H,5,15-16H2,1-4H3,(H2,26,27,30). The van der Waals surface area contributed by atoms with E-state index < -0.39 is 5.97 Å². The third-order valence-corrected chi connectivity index (χ3v) is 5.19. The molecule has 6 nitrogen and oxygen atoms in total. The molecule has 0 radical (unpaired) electrons. The third kappa shape index (κ3) is 5.54. The van der Waals surface area contributed by atoms with Crippen molar-refractivity contribution in [1.29, 1.82) is 0 Å². The van der Waals surface area contributed by atoms with Crippen LogP contribution in [0.2, 0.25) is 0 Å². The second kappa shape index (κ2) is 9.98. The van der Waals surface area contributed by atoms with Crippen molar-refractivity contribution < 1.29 is 14.3 Å². The number of benzene rings is 2.